The Hall–Kier alpha value is -1.55. The van der Waals surface area contributed by atoms with Gasteiger partial charge in [0.15, 0.2) is 0 Å². The number of hydrogen-bond acceptors (Lipinski definition) is 3. The summed E-state index contributed by atoms with van der Waals surface area (Å²) in [7, 11) is 4.06. The maximum Gasteiger partial charge on any atom is 0.0501 e. The third-order valence-electron chi connectivity index (χ3n) is 3.34. The molecule has 2 aromatic carbocycles. The number of hydrogen-bond donors (Lipinski definition) is 2. The quantitative estimate of drug-likeness (QED) is 0.656. The number of hydrazine groups is 1. The molecular weight excluding hydrogens is 270 g/mol. The summed E-state index contributed by atoms with van der Waals surface area (Å²) in [6.45, 7) is 0. The smallest absolute Gasteiger partial charge is 0.0501 e. The molecule has 0 spiro atoms. The summed E-state index contributed by atoms with van der Waals surface area (Å²) in [5.41, 5.74) is 6.44. The van der Waals surface area contributed by atoms with Crippen molar-refractivity contribution in [3.05, 3.63) is 64.7 Å². The van der Waals surface area contributed by atoms with Crippen molar-refractivity contribution in [2.24, 2.45) is 5.84 Å². The fourth-order valence-electron chi connectivity index (χ4n) is 2.15. The summed E-state index contributed by atoms with van der Waals surface area (Å²) in [6, 6.07) is 16.3. The zero-order valence-corrected chi connectivity index (χ0v) is 12.6. The van der Waals surface area contributed by atoms with Gasteiger partial charge in [0.25, 0.3) is 0 Å². The molecule has 106 valence electrons. The van der Waals surface area contributed by atoms with Gasteiger partial charge in [0.1, 0.15) is 0 Å². The second kappa shape index (κ2) is 6.75. The molecule has 3 N–H and O–H groups in total. The van der Waals surface area contributed by atoms with E-state index in [1.165, 1.54) is 16.8 Å². The molecule has 3 nitrogen and oxygen atoms in total. The van der Waals surface area contributed by atoms with Gasteiger partial charge >= 0.3 is 0 Å². The van der Waals surface area contributed by atoms with Crippen molar-refractivity contribution in [2.75, 3.05) is 19.0 Å². The van der Waals surface area contributed by atoms with Crippen LogP contribution in [0, 0.1) is 0 Å². The molecule has 0 fully saturated rings. The molecule has 0 saturated carbocycles. The molecule has 0 bridgehead atoms. The van der Waals surface area contributed by atoms with Crippen LogP contribution in [0.1, 0.15) is 17.2 Å². The number of halogens is 1. The van der Waals surface area contributed by atoms with Gasteiger partial charge in [-0.1, -0.05) is 35.9 Å². The molecule has 0 amide bonds. The van der Waals surface area contributed by atoms with Gasteiger partial charge in [-0.2, -0.15) is 0 Å². The van der Waals surface area contributed by atoms with E-state index in [1.54, 1.807) is 0 Å². The number of nitrogens with one attached hydrogen (secondary N) is 1. The number of nitrogens with two attached hydrogens (primary N) is 1. The average Bonchev–Trinajstić information content (AvgIpc) is 2.46. The molecular formula is C16H20ClN3. The highest BCUT2D eigenvalue weighted by Crippen LogP contribution is 2.22. The predicted molar refractivity (Wildman–Crippen MR) is 86.0 cm³/mol. The van der Waals surface area contributed by atoms with Crippen LogP contribution in [-0.2, 0) is 6.42 Å². The number of benzene rings is 2. The Balaban J connectivity index is 2.19. The van der Waals surface area contributed by atoms with Crippen LogP contribution in [0.4, 0.5) is 5.69 Å². The Bertz CT molecular complexity index is 552. The molecule has 2 aromatic rings. The van der Waals surface area contributed by atoms with Gasteiger partial charge in [-0.05, 0) is 41.8 Å². The Morgan fingerprint density at radius 1 is 1.15 bits per heavy atom. The number of nitrogens with zero attached hydrogens (tertiary/aromatic N) is 1. The van der Waals surface area contributed by atoms with Crippen LogP contribution in [-0.4, -0.2) is 14.1 Å². The molecule has 0 aliphatic carbocycles. The van der Waals surface area contributed by atoms with Gasteiger partial charge in [-0.25, -0.2) is 0 Å². The minimum absolute atomic E-state index is 0.0797. The molecule has 0 aliphatic heterocycles. The first-order chi connectivity index (χ1) is 9.60. The van der Waals surface area contributed by atoms with E-state index in [0.29, 0.717) is 0 Å². The third-order valence-corrected chi connectivity index (χ3v) is 3.60. The molecule has 20 heavy (non-hydrogen) atoms. The van der Waals surface area contributed by atoms with E-state index in [9.17, 15) is 0 Å². The standard InChI is InChI=1S/C16H20ClN3/c1-20(2)15-5-3-4-13(11-15)16(19-18)10-12-6-8-14(17)9-7-12/h3-9,11,16,19H,10,18H2,1-2H3. The summed E-state index contributed by atoms with van der Waals surface area (Å²) in [5, 5.41) is 0.751. The van der Waals surface area contributed by atoms with Crippen LogP contribution < -0.4 is 16.2 Å². The predicted octanol–water partition coefficient (Wildman–Crippen LogP) is 3.15. The Kier molecular flexibility index (Phi) is 5.01. The van der Waals surface area contributed by atoms with Crippen LogP contribution in [0.3, 0.4) is 0 Å². The summed E-state index contributed by atoms with van der Waals surface area (Å²) < 4.78 is 0. The van der Waals surface area contributed by atoms with Crippen LogP contribution in [0.2, 0.25) is 5.02 Å². The highest BCUT2D eigenvalue weighted by Gasteiger charge is 2.11. The summed E-state index contributed by atoms with van der Waals surface area (Å²) >= 11 is 5.91. The monoisotopic (exact) mass is 289 g/mol. The lowest BCUT2D eigenvalue weighted by atomic mass is 9.99. The lowest BCUT2D eigenvalue weighted by molar-refractivity contribution is 0.552. The van der Waals surface area contributed by atoms with Crippen molar-refractivity contribution in [2.45, 2.75) is 12.5 Å². The van der Waals surface area contributed by atoms with Gasteiger partial charge < -0.3 is 4.90 Å². The van der Waals surface area contributed by atoms with Gasteiger partial charge in [0, 0.05) is 24.8 Å². The molecule has 2 rings (SSSR count). The summed E-state index contributed by atoms with van der Waals surface area (Å²) in [4.78, 5) is 2.08. The Morgan fingerprint density at radius 3 is 2.45 bits per heavy atom. The molecule has 1 atom stereocenters. The molecule has 0 heterocycles. The van der Waals surface area contributed by atoms with Crippen LogP contribution in [0.15, 0.2) is 48.5 Å². The second-order valence-electron chi connectivity index (χ2n) is 5.04. The normalized spacial score (nSPS) is 12.2. The SMILES string of the molecule is CN(C)c1cccc(C(Cc2ccc(Cl)cc2)NN)c1. The van der Waals surface area contributed by atoms with E-state index in [2.05, 4.69) is 34.6 Å². The lowest BCUT2D eigenvalue weighted by Crippen LogP contribution is -2.29. The van der Waals surface area contributed by atoms with Gasteiger partial charge in [0.05, 0.1) is 6.04 Å². The van der Waals surface area contributed by atoms with E-state index < -0.39 is 0 Å². The molecule has 4 heteroatoms. The minimum atomic E-state index is 0.0797. The van der Waals surface area contributed by atoms with Crippen molar-refractivity contribution in [3.63, 3.8) is 0 Å². The third kappa shape index (κ3) is 3.73. The fraction of sp³-hybridized carbons (Fsp3) is 0.250. The van der Waals surface area contributed by atoms with Gasteiger partial charge in [-0.15, -0.1) is 0 Å². The van der Waals surface area contributed by atoms with Crippen molar-refractivity contribution in [3.8, 4) is 0 Å². The highest BCUT2D eigenvalue weighted by atomic mass is 35.5. The minimum Gasteiger partial charge on any atom is -0.378 e. The molecule has 1 unspecified atom stereocenters. The highest BCUT2D eigenvalue weighted by molar-refractivity contribution is 6.30. The number of rotatable bonds is 5. The first-order valence-electron chi connectivity index (χ1n) is 6.58. The van der Waals surface area contributed by atoms with Gasteiger partial charge in [-0.3, -0.25) is 11.3 Å². The van der Waals surface area contributed by atoms with E-state index in [4.69, 9.17) is 17.4 Å². The zero-order valence-electron chi connectivity index (χ0n) is 11.8. The maximum absolute atomic E-state index is 5.91. The van der Waals surface area contributed by atoms with Crippen molar-refractivity contribution in [1.29, 1.82) is 0 Å². The van der Waals surface area contributed by atoms with Gasteiger partial charge in [0.2, 0.25) is 0 Å². The van der Waals surface area contributed by atoms with E-state index >= 15 is 0 Å². The Labute approximate surface area is 125 Å². The maximum atomic E-state index is 5.91. The zero-order chi connectivity index (χ0) is 14.5. The largest absolute Gasteiger partial charge is 0.378 e. The average molecular weight is 290 g/mol. The topological polar surface area (TPSA) is 41.3 Å². The molecule has 0 aliphatic rings. The molecule has 0 aromatic heterocycles. The van der Waals surface area contributed by atoms with E-state index in [-0.39, 0.29) is 6.04 Å². The molecule has 0 radical (unpaired) electrons. The van der Waals surface area contributed by atoms with Crippen LogP contribution in [0.5, 0.6) is 0 Å². The number of anilines is 1. The fourth-order valence-corrected chi connectivity index (χ4v) is 2.27. The summed E-state index contributed by atoms with van der Waals surface area (Å²) in [5.74, 6) is 5.72. The second-order valence-corrected chi connectivity index (χ2v) is 5.48. The first-order valence-corrected chi connectivity index (χ1v) is 6.96. The van der Waals surface area contributed by atoms with Crippen molar-refractivity contribution >= 4 is 17.3 Å². The lowest BCUT2D eigenvalue weighted by Gasteiger charge is -2.19. The summed E-state index contributed by atoms with van der Waals surface area (Å²) in [6.07, 6.45) is 0.824. The van der Waals surface area contributed by atoms with E-state index in [1.807, 2.05) is 38.4 Å². The first kappa shape index (κ1) is 14.9. The van der Waals surface area contributed by atoms with Crippen LogP contribution >= 0.6 is 11.6 Å². The van der Waals surface area contributed by atoms with Crippen molar-refractivity contribution in [1.82, 2.24) is 5.43 Å². The Morgan fingerprint density at radius 2 is 1.85 bits per heavy atom. The van der Waals surface area contributed by atoms with E-state index in [0.717, 1.165) is 11.4 Å². The van der Waals surface area contributed by atoms with Crippen LogP contribution in [0.25, 0.3) is 0 Å². The molecule has 0 saturated heterocycles. The van der Waals surface area contributed by atoms with Crippen molar-refractivity contribution < 1.29 is 0 Å².